The normalized spacial score (nSPS) is 10.9. The van der Waals surface area contributed by atoms with E-state index in [1.54, 1.807) is 18.2 Å². The Morgan fingerprint density at radius 1 is 1.19 bits per heavy atom. The van der Waals surface area contributed by atoms with Crippen molar-refractivity contribution in [1.29, 1.82) is 0 Å². The van der Waals surface area contributed by atoms with Gasteiger partial charge in [0.2, 0.25) is 0 Å². The Kier molecular flexibility index (Phi) is 5.07. The number of aryl methyl sites for hydroxylation is 1. The molecular formula is C19H14FN3O4. The van der Waals surface area contributed by atoms with Crippen LogP contribution in [0.25, 0.3) is 11.3 Å². The molecule has 3 rings (SSSR count). The maximum absolute atomic E-state index is 12.9. The zero-order valence-corrected chi connectivity index (χ0v) is 14.2. The minimum Gasteiger partial charge on any atom is -0.455 e. The van der Waals surface area contributed by atoms with Crippen LogP contribution in [-0.4, -0.2) is 17.0 Å². The van der Waals surface area contributed by atoms with E-state index in [0.717, 1.165) is 5.56 Å². The van der Waals surface area contributed by atoms with Gasteiger partial charge in [-0.3, -0.25) is 14.9 Å². The van der Waals surface area contributed by atoms with Gasteiger partial charge in [0.05, 0.1) is 11.1 Å². The van der Waals surface area contributed by atoms with Crippen LogP contribution in [0.1, 0.15) is 21.7 Å². The second kappa shape index (κ2) is 7.61. The van der Waals surface area contributed by atoms with Crippen LogP contribution < -0.4 is 5.43 Å². The van der Waals surface area contributed by atoms with Gasteiger partial charge in [-0.15, -0.1) is 0 Å². The number of amides is 1. The maximum Gasteiger partial charge on any atom is 0.271 e. The summed E-state index contributed by atoms with van der Waals surface area (Å²) in [6.45, 7) is 1.82. The van der Waals surface area contributed by atoms with Crippen molar-refractivity contribution >= 4 is 17.8 Å². The van der Waals surface area contributed by atoms with E-state index in [2.05, 4.69) is 10.5 Å². The number of furan rings is 1. The molecule has 27 heavy (non-hydrogen) atoms. The van der Waals surface area contributed by atoms with E-state index in [9.17, 15) is 19.3 Å². The van der Waals surface area contributed by atoms with Crippen LogP contribution >= 0.6 is 0 Å². The predicted octanol–water partition coefficient (Wildman–Crippen LogP) is 4.07. The van der Waals surface area contributed by atoms with Gasteiger partial charge in [0.25, 0.3) is 11.6 Å². The molecule has 2 aromatic carbocycles. The Bertz CT molecular complexity index is 1030. The molecule has 1 amide bonds. The topological polar surface area (TPSA) is 97.7 Å². The SMILES string of the molecule is Cc1ccc([N+](=O)[O-])cc1-c1ccc(/C=N\NC(=O)c2ccc(F)cc2)o1. The first-order valence-corrected chi connectivity index (χ1v) is 7.88. The Labute approximate surface area is 153 Å². The number of non-ortho nitro benzene ring substituents is 1. The lowest BCUT2D eigenvalue weighted by Gasteiger charge is -2.02. The molecule has 1 N–H and O–H groups in total. The summed E-state index contributed by atoms with van der Waals surface area (Å²) in [4.78, 5) is 22.3. The number of hydrogen-bond acceptors (Lipinski definition) is 5. The summed E-state index contributed by atoms with van der Waals surface area (Å²) in [7, 11) is 0. The quantitative estimate of drug-likeness (QED) is 0.417. The zero-order chi connectivity index (χ0) is 19.4. The fourth-order valence-electron chi connectivity index (χ4n) is 2.38. The molecule has 0 aliphatic rings. The highest BCUT2D eigenvalue weighted by molar-refractivity contribution is 5.94. The lowest BCUT2D eigenvalue weighted by molar-refractivity contribution is -0.384. The van der Waals surface area contributed by atoms with Gasteiger partial charge < -0.3 is 4.42 Å². The maximum atomic E-state index is 12.9. The van der Waals surface area contributed by atoms with Gasteiger partial charge in [-0.1, -0.05) is 6.07 Å². The van der Waals surface area contributed by atoms with E-state index >= 15 is 0 Å². The number of nitrogens with one attached hydrogen (secondary N) is 1. The monoisotopic (exact) mass is 367 g/mol. The van der Waals surface area contributed by atoms with E-state index in [1.807, 2.05) is 6.92 Å². The van der Waals surface area contributed by atoms with Crippen LogP contribution in [0.5, 0.6) is 0 Å². The minimum absolute atomic E-state index is 0.0335. The molecule has 0 atom stereocenters. The predicted molar refractivity (Wildman–Crippen MR) is 97.0 cm³/mol. The van der Waals surface area contributed by atoms with Crippen LogP contribution in [0.15, 0.2) is 64.1 Å². The number of rotatable bonds is 5. The fraction of sp³-hybridized carbons (Fsp3) is 0.0526. The molecule has 0 fully saturated rings. The van der Waals surface area contributed by atoms with Crippen molar-refractivity contribution in [3.05, 3.63) is 87.4 Å². The van der Waals surface area contributed by atoms with Crippen molar-refractivity contribution in [3.63, 3.8) is 0 Å². The van der Waals surface area contributed by atoms with Crippen LogP contribution in [0, 0.1) is 22.9 Å². The minimum atomic E-state index is -0.493. The number of hydrogen-bond donors (Lipinski definition) is 1. The first-order valence-electron chi connectivity index (χ1n) is 7.88. The average molecular weight is 367 g/mol. The van der Waals surface area contributed by atoms with Gasteiger partial charge in [-0.25, -0.2) is 9.82 Å². The number of nitro benzene ring substituents is 1. The van der Waals surface area contributed by atoms with Gasteiger partial charge in [0.1, 0.15) is 17.3 Å². The smallest absolute Gasteiger partial charge is 0.271 e. The molecular weight excluding hydrogens is 353 g/mol. The number of carbonyl (C=O) groups is 1. The van der Waals surface area contributed by atoms with Gasteiger partial charge in [-0.2, -0.15) is 5.10 Å². The number of benzene rings is 2. The summed E-state index contributed by atoms with van der Waals surface area (Å²) in [5, 5.41) is 14.7. The molecule has 8 heteroatoms. The molecule has 0 saturated heterocycles. The summed E-state index contributed by atoms with van der Waals surface area (Å²) < 4.78 is 18.5. The van der Waals surface area contributed by atoms with Gasteiger partial charge in [0.15, 0.2) is 0 Å². The summed E-state index contributed by atoms with van der Waals surface area (Å²) in [5.74, 6) is -0.125. The molecule has 0 unspecified atom stereocenters. The molecule has 1 aromatic heterocycles. The van der Waals surface area contributed by atoms with E-state index in [0.29, 0.717) is 17.1 Å². The molecule has 0 saturated carbocycles. The first kappa shape index (κ1) is 18.0. The molecule has 3 aromatic rings. The highest BCUT2D eigenvalue weighted by atomic mass is 19.1. The Morgan fingerprint density at radius 2 is 1.93 bits per heavy atom. The van der Waals surface area contributed by atoms with Crippen molar-refractivity contribution in [2.24, 2.45) is 5.10 Å². The third kappa shape index (κ3) is 4.24. The summed E-state index contributed by atoms with van der Waals surface area (Å²) >= 11 is 0. The number of nitro groups is 1. The van der Waals surface area contributed by atoms with Crippen molar-refractivity contribution in [2.75, 3.05) is 0 Å². The van der Waals surface area contributed by atoms with Crippen LogP contribution in [-0.2, 0) is 0 Å². The van der Waals surface area contributed by atoms with E-state index in [4.69, 9.17) is 4.42 Å². The number of carbonyl (C=O) groups excluding carboxylic acids is 1. The van der Waals surface area contributed by atoms with E-state index in [1.165, 1.54) is 42.6 Å². The molecule has 1 heterocycles. The van der Waals surface area contributed by atoms with Crippen molar-refractivity contribution in [3.8, 4) is 11.3 Å². The molecule has 0 aliphatic heterocycles. The molecule has 0 aliphatic carbocycles. The largest absolute Gasteiger partial charge is 0.455 e. The summed E-state index contributed by atoms with van der Waals surface area (Å²) in [6.07, 6.45) is 1.30. The average Bonchev–Trinajstić information content (AvgIpc) is 3.11. The van der Waals surface area contributed by atoms with Crippen molar-refractivity contribution in [1.82, 2.24) is 5.43 Å². The fourth-order valence-corrected chi connectivity index (χ4v) is 2.38. The van der Waals surface area contributed by atoms with E-state index in [-0.39, 0.29) is 11.3 Å². The Morgan fingerprint density at radius 3 is 2.63 bits per heavy atom. The lowest BCUT2D eigenvalue weighted by Crippen LogP contribution is -2.17. The zero-order valence-electron chi connectivity index (χ0n) is 14.2. The van der Waals surface area contributed by atoms with Gasteiger partial charge in [0, 0.05) is 23.3 Å². The first-order chi connectivity index (χ1) is 12.9. The van der Waals surface area contributed by atoms with Gasteiger partial charge in [-0.05, 0) is 48.9 Å². The highest BCUT2D eigenvalue weighted by Gasteiger charge is 2.13. The summed E-state index contributed by atoms with van der Waals surface area (Å²) in [5.41, 5.74) is 3.96. The van der Waals surface area contributed by atoms with Crippen LogP contribution in [0.4, 0.5) is 10.1 Å². The van der Waals surface area contributed by atoms with Crippen LogP contribution in [0.3, 0.4) is 0 Å². The molecule has 0 spiro atoms. The third-order valence-electron chi connectivity index (χ3n) is 3.79. The van der Waals surface area contributed by atoms with Crippen LogP contribution in [0.2, 0.25) is 0 Å². The van der Waals surface area contributed by atoms with Crippen molar-refractivity contribution in [2.45, 2.75) is 6.92 Å². The number of halogens is 1. The second-order valence-corrected chi connectivity index (χ2v) is 5.66. The molecule has 0 bridgehead atoms. The molecule has 7 nitrogen and oxygen atoms in total. The number of hydrazone groups is 1. The Balaban J connectivity index is 1.72. The highest BCUT2D eigenvalue weighted by Crippen LogP contribution is 2.28. The van der Waals surface area contributed by atoms with Gasteiger partial charge >= 0.3 is 0 Å². The van der Waals surface area contributed by atoms with Crippen molar-refractivity contribution < 1.29 is 18.5 Å². The lowest BCUT2D eigenvalue weighted by atomic mass is 10.1. The molecule has 0 radical (unpaired) electrons. The standard InChI is InChI=1S/C19H14FN3O4/c1-12-2-7-15(23(25)26)10-17(12)18-9-8-16(27-18)11-21-22-19(24)13-3-5-14(20)6-4-13/h2-11H,1H3,(H,22,24)/b21-11-. The Hall–Kier alpha value is -3.81. The summed E-state index contributed by atoms with van der Waals surface area (Å²) in [6, 6.07) is 12.8. The van der Waals surface area contributed by atoms with E-state index < -0.39 is 16.6 Å². The molecule has 136 valence electrons. The third-order valence-corrected chi connectivity index (χ3v) is 3.79. The number of nitrogens with zero attached hydrogens (tertiary/aromatic N) is 2. The second-order valence-electron chi connectivity index (χ2n) is 5.66.